The third-order valence-electron chi connectivity index (χ3n) is 4.63. The smallest absolute Gasteiger partial charge is 0.237 e. The van der Waals surface area contributed by atoms with E-state index >= 15 is 0 Å². The predicted octanol–water partition coefficient (Wildman–Crippen LogP) is 4.62. The van der Waals surface area contributed by atoms with E-state index in [9.17, 15) is 4.79 Å². The molecule has 4 aromatic rings. The summed E-state index contributed by atoms with van der Waals surface area (Å²) in [4.78, 5) is 12.7. The molecule has 2 aromatic carbocycles. The Morgan fingerprint density at radius 2 is 1.78 bits per heavy atom. The van der Waals surface area contributed by atoms with Gasteiger partial charge in [0, 0.05) is 11.1 Å². The SMILES string of the molecule is Cc1ccccc1NC(=O)C(C)Sc1nnc2cc(C)c3ccccc3n12. The molecule has 0 fully saturated rings. The molecule has 0 aliphatic rings. The average molecular weight is 376 g/mol. The highest BCUT2D eigenvalue weighted by Crippen LogP contribution is 2.28. The third-order valence-corrected chi connectivity index (χ3v) is 5.67. The van der Waals surface area contributed by atoms with Crippen LogP contribution in [-0.4, -0.2) is 25.8 Å². The van der Waals surface area contributed by atoms with Gasteiger partial charge in [0.15, 0.2) is 10.8 Å². The van der Waals surface area contributed by atoms with E-state index in [-0.39, 0.29) is 11.2 Å². The van der Waals surface area contributed by atoms with E-state index < -0.39 is 0 Å². The largest absolute Gasteiger partial charge is 0.325 e. The van der Waals surface area contributed by atoms with Crippen LogP contribution in [0.15, 0.2) is 59.8 Å². The number of pyridine rings is 1. The van der Waals surface area contributed by atoms with Crippen LogP contribution in [0.3, 0.4) is 0 Å². The van der Waals surface area contributed by atoms with Gasteiger partial charge in [-0.25, -0.2) is 0 Å². The highest BCUT2D eigenvalue weighted by molar-refractivity contribution is 8.00. The number of aromatic nitrogens is 3. The Morgan fingerprint density at radius 1 is 1.04 bits per heavy atom. The van der Waals surface area contributed by atoms with Gasteiger partial charge >= 0.3 is 0 Å². The molecule has 2 heterocycles. The number of benzene rings is 2. The summed E-state index contributed by atoms with van der Waals surface area (Å²) < 4.78 is 2.02. The topological polar surface area (TPSA) is 59.3 Å². The van der Waals surface area contributed by atoms with Crippen molar-refractivity contribution in [1.29, 1.82) is 0 Å². The summed E-state index contributed by atoms with van der Waals surface area (Å²) in [5, 5.41) is 13.2. The Hall–Kier alpha value is -2.86. The highest BCUT2D eigenvalue weighted by atomic mass is 32.2. The Kier molecular flexibility index (Phi) is 4.58. The van der Waals surface area contributed by atoms with Gasteiger partial charge in [-0.15, -0.1) is 10.2 Å². The van der Waals surface area contributed by atoms with Crippen molar-refractivity contribution in [2.24, 2.45) is 0 Å². The first kappa shape index (κ1) is 17.5. The van der Waals surface area contributed by atoms with Gasteiger partial charge in [0.25, 0.3) is 0 Å². The predicted molar refractivity (Wildman–Crippen MR) is 110 cm³/mol. The molecule has 1 N–H and O–H groups in total. The van der Waals surface area contributed by atoms with Crippen LogP contribution in [0.25, 0.3) is 16.6 Å². The van der Waals surface area contributed by atoms with Crippen molar-refractivity contribution >= 4 is 39.9 Å². The second kappa shape index (κ2) is 7.04. The van der Waals surface area contributed by atoms with Crippen molar-refractivity contribution in [3.63, 3.8) is 0 Å². The molecule has 2 aromatic heterocycles. The van der Waals surface area contributed by atoms with E-state index in [1.807, 2.05) is 60.7 Å². The Bertz CT molecular complexity index is 1150. The number of anilines is 1. The number of hydrogen-bond acceptors (Lipinski definition) is 4. The number of nitrogens with zero attached hydrogens (tertiary/aromatic N) is 3. The van der Waals surface area contributed by atoms with Crippen LogP contribution in [0.4, 0.5) is 5.69 Å². The van der Waals surface area contributed by atoms with E-state index in [1.165, 1.54) is 11.8 Å². The molecule has 6 heteroatoms. The monoisotopic (exact) mass is 376 g/mol. The molecule has 1 unspecified atom stereocenters. The van der Waals surface area contributed by atoms with E-state index in [0.29, 0.717) is 5.16 Å². The number of thioether (sulfide) groups is 1. The van der Waals surface area contributed by atoms with Crippen LogP contribution in [0.1, 0.15) is 18.1 Å². The summed E-state index contributed by atoms with van der Waals surface area (Å²) in [6.45, 7) is 5.94. The fourth-order valence-corrected chi connectivity index (χ4v) is 3.98. The minimum absolute atomic E-state index is 0.0533. The number of fused-ring (bicyclic) bond motifs is 3. The summed E-state index contributed by atoms with van der Waals surface area (Å²) in [5.74, 6) is -0.0533. The van der Waals surface area contributed by atoms with E-state index in [2.05, 4.69) is 34.6 Å². The molecule has 1 atom stereocenters. The minimum Gasteiger partial charge on any atom is -0.325 e. The van der Waals surface area contributed by atoms with Crippen molar-refractivity contribution in [3.05, 3.63) is 65.7 Å². The van der Waals surface area contributed by atoms with Gasteiger partial charge in [0.05, 0.1) is 10.8 Å². The zero-order valence-corrected chi connectivity index (χ0v) is 16.2. The summed E-state index contributed by atoms with van der Waals surface area (Å²) in [5.41, 5.74) is 4.87. The molecule has 0 radical (unpaired) electrons. The minimum atomic E-state index is -0.308. The molecule has 1 amide bonds. The molecule has 0 saturated heterocycles. The normalized spacial score (nSPS) is 12.4. The lowest BCUT2D eigenvalue weighted by Gasteiger charge is -2.13. The van der Waals surface area contributed by atoms with Crippen molar-refractivity contribution < 1.29 is 4.79 Å². The quantitative estimate of drug-likeness (QED) is 0.528. The number of amides is 1. The summed E-state index contributed by atoms with van der Waals surface area (Å²) in [6.07, 6.45) is 0. The van der Waals surface area contributed by atoms with Gasteiger partial charge in [0.2, 0.25) is 5.91 Å². The first-order valence-electron chi connectivity index (χ1n) is 8.81. The number of carbonyl (C=O) groups is 1. The lowest BCUT2D eigenvalue weighted by Crippen LogP contribution is -2.23. The number of nitrogens with one attached hydrogen (secondary N) is 1. The molecular formula is C21H20N4OS. The maximum atomic E-state index is 12.7. The van der Waals surface area contributed by atoms with Gasteiger partial charge in [0.1, 0.15) is 0 Å². The molecule has 0 aliphatic carbocycles. The van der Waals surface area contributed by atoms with Gasteiger partial charge < -0.3 is 5.32 Å². The number of hydrogen-bond donors (Lipinski definition) is 1. The van der Waals surface area contributed by atoms with Crippen molar-refractivity contribution in [3.8, 4) is 0 Å². The molecule has 0 bridgehead atoms. The Balaban J connectivity index is 1.64. The molecule has 136 valence electrons. The molecule has 0 aliphatic heterocycles. The lowest BCUT2D eigenvalue weighted by atomic mass is 10.1. The van der Waals surface area contributed by atoms with Crippen molar-refractivity contribution in [2.45, 2.75) is 31.2 Å². The molecular weight excluding hydrogens is 356 g/mol. The standard InChI is InChI=1S/C21H20N4OS/c1-13-8-4-6-10-17(13)22-20(26)15(3)27-21-24-23-19-12-14(2)16-9-5-7-11-18(16)25(19)21/h4-12,15H,1-3H3,(H,22,26). The van der Waals surface area contributed by atoms with E-state index in [0.717, 1.165) is 33.4 Å². The van der Waals surface area contributed by atoms with Gasteiger partial charge in [-0.05, 0) is 50.1 Å². The summed E-state index contributed by atoms with van der Waals surface area (Å²) in [6, 6.07) is 18.0. The fraction of sp³-hybridized carbons (Fsp3) is 0.190. The molecule has 5 nitrogen and oxygen atoms in total. The molecule has 0 spiro atoms. The van der Waals surface area contributed by atoms with Gasteiger partial charge in [-0.3, -0.25) is 9.20 Å². The van der Waals surface area contributed by atoms with Gasteiger partial charge in [-0.2, -0.15) is 0 Å². The number of carbonyl (C=O) groups excluding carboxylic acids is 1. The molecule has 4 rings (SSSR count). The summed E-state index contributed by atoms with van der Waals surface area (Å²) in [7, 11) is 0. The number of aryl methyl sites for hydroxylation is 2. The van der Waals surface area contributed by atoms with Crippen LogP contribution in [0, 0.1) is 13.8 Å². The third kappa shape index (κ3) is 3.28. The summed E-state index contributed by atoms with van der Waals surface area (Å²) >= 11 is 1.41. The second-order valence-corrected chi connectivity index (χ2v) is 7.89. The van der Waals surface area contributed by atoms with Crippen LogP contribution >= 0.6 is 11.8 Å². The van der Waals surface area contributed by atoms with E-state index in [4.69, 9.17) is 0 Å². The average Bonchev–Trinajstić information content (AvgIpc) is 3.06. The maximum absolute atomic E-state index is 12.7. The Morgan fingerprint density at radius 3 is 2.59 bits per heavy atom. The zero-order chi connectivity index (χ0) is 19.0. The second-order valence-electron chi connectivity index (χ2n) is 6.58. The van der Waals surface area contributed by atoms with Crippen LogP contribution < -0.4 is 5.32 Å². The van der Waals surface area contributed by atoms with Crippen molar-refractivity contribution in [1.82, 2.24) is 14.6 Å². The van der Waals surface area contributed by atoms with Crippen LogP contribution in [-0.2, 0) is 4.79 Å². The van der Waals surface area contributed by atoms with Crippen LogP contribution in [0.2, 0.25) is 0 Å². The maximum Gasteiger partial charge on any atom is 0.237 e. The van der Waals surface area contributed by atoms with Crippen molar-refractivity contribution in [2.75, 3.05) is 5.32 Å². The highest BCUT2D eigenvalue weighted by Gasteiger charge is 2.19. The number of rotatable bonds is 4. The molecule has 0 saturated carbocycles. The zero-order valence-electron chi connectivity index (χ0n) is 15.4. The number of para-hydroxylation sites is 2. The fourth-order valence-electron chi connectivity index (χ4n) is 3.11. The van der Waals surface area contributed by atoms with Crippen LogP contribution in [0.5, 0.6) is 0 Å². The van der Waals surface area contributed by atoms with E-state index in [1.54, 1.807) is 0 Å². The first-order chi connectivity index (χ1) is 13.0. The lowest BCUT2D eigenvalue weighted by molar-refractivity contribution is -0.115. The first-order valence-corrected chi connectivity index (χ1v) is 9.69. The van der Waals surface area contributed by atoms with Gasteiger partial charge in [-0.1, -0.05) is 48.2 Å². The Labute approximate surface area is 161 Å². The molecule has 27 heavy (non-hydrogen) atoms.